The topological polar surface area (TPSA) is 44.1 Å². The summed E-state index contributed by atoms with van der Waals surface area (Å²) >= 11 is 1.48. The van der Waals surface area contributed by atoms with E-state index in [0.717, 1.165) is 9.75 Å². The number of amides is 1. The first kappa shape index (κ1) is 11.7. The Morgan fingerprint density at radius 3 is 2.80 bits per heavy atom. The number of hydrogen-bond acceptors (Lipinski definition) is 3. The Hall–Kier alpha value is -1.34. The molecule has 80 valence electrons. The monoisotopic (exact) mass is 222 g/mol. The predicted octanol–water partition coefficient (Wildman–Crippen LogP) is 2.29. The highest BCUT2D eigenvalue weighted by atomic mass is 32.1. The zero-order chi connectivity index (χ0) is 11.4. The lowest BCUT2D eigenvalue weighted by Gasteiger charge is -2.17. The average Bonchev–Trinajstić information content (AvgIpc) is 2.63. The molecule has 0 saturated heterocycles. The maximum atomic E-state index is 11.8. The number of carbonyl (C=O) groups excluding carboxylic acids is 1. The van der Waals surface area contributed by atoms with E-state index in [2.05, 4.69) is 6.07 Å². The normalized spacial score (nSPS) is 11.9. The van der Waals surface area contributed by atoms with E-state index in [4.69, 9.17) is 5.26 Å². The third kappa shape index (κ3) is 3.07. The second kappa shape index (κ2) is 4.94. The molecule has 1 heterocycles. The Labute approximate surface area is 93.9 Å². The second-order valence-electron chi connectivity index (χ2n) is 3.63. The lowest BCUT2D eigenvalue weighted by Crippen LogP contribution is -2.30. The Kier molecular flexibility index (Phi) is 3.87. The lowest BCUT2D eigenvalue weighted by atomic mass is 10.2. The summed E-state index contributed by atoms with van der Waals surface area (Å²) in [4.78, 5) is 15.3. The van der Waals surface area contributed by atoms with Crippen molar-refractivity contribution >= 4 is 17.2 Å². The number of carbonyl (C=O) groups is 1. The van der Waals surface area contributed by atoms with Crippen LogP contribution in [0.1, 0.15) is 21.5 Å². The van der Waals surface area contributed by atoms with Crippen LogP contribution in [0.5, 0.6) is 0 Å². The maximum absolute atomic E-state index is 11.8. The first-order valence-electron chi connectivity index (χ1n) is 4.76. The fourth-order valence-electron chi connectivity index (χ4n) is 1.27. The van der Waals surface area contributed by atoms with Crippen LogP contribution in [0, 0.1) is 24.2 Å². The van der Waals surface area contributed by atoms with Crippen molar-refractivity contribution in [1.82, 2.24) is 4.90 Å². The van der Waals surface area contributed by atoms with Gasteiger partial charge < -0.3 is 4.90 Å². The molecule has 0 fully saturated rings. The molecule has 0 aromatic carbocycles. The highest BCUT2D eigenvalue weighted by molar-refractivity contribution is 7.13. The summed E-state index contributed by atoms with van der Waals surface area (Å²) < 4.78 is 0. The fraction of sp³-hybridized carbons (Fsp3) is 0.455. The van der Waals surface area contributed by atoms with Crippen molar-refractivity contribution in [3.05, 3.63) is 21.9 Å². The van der Waals surface area contributed by atoms with Gasteiger partial charge in [-0.25, -0.2) is 0 Å². The lowest BCUT2D eigenvalue weighted by molar-refractivity contribution is 0.0790. The van der Waals surface area contributed by atoms with Gasteiger partial charge in [-0.15, -0.1) is 11.3 Å². The number of nitriles is 1. The van der Waals surface area contributed by atoms with Crippen LogP contribution < -0.4 is 0 Å². The Bertz CT molecular complexity index is 392. The van der Waals surface area contributed by atoms with Crippen molar-refractivity contribution in [3.63, 3.8) is 0 Å². The molecule has 0 bridgehead atoms. The van der Waals surface area contributed by atoms with Crippen molar-refractivity contribution in [2.45, 2.75) is 13.8 Å². The van der Waals surface area contributed by atoms with Gasteiger partial charge in [0.25, 0.3) is 5.91 Å². The van der Waals surface area contributed by atoms with Gasteiger partial charge >= 0.3 is 0 Å². The van der Waals surface area contributed by atoms with Crippen LogP contribution in [0.2, 0.25) is 0 Å². The van der Waals surface area contributed by atoms with Gasteiger partial charge in [0.1, 0.15) is 0 Å². The van der Waals surface area contributed by atoms with Gasteiger partial charge in [0, 0.05) is 18.5 Å². The summed E-state index contributed by atoms with van der Waals surface area (Å²) in [5.74, 6) is -0.129. The Morgan fingerprint density at radius 2 is 2.33 bits per heavy atom. The van der Waals surface area contributed by atoms with Crippen LogP contribution in [-0.2, 0) is 0 Å². The smallest absolute Gasteiger partial charge is 0.263 e. The molecule has 1 aromatic rings. The third-order valence-electron chi connectivity index (χ3n) is 2.07. The zero-order valence-corrected chi connectivity index (χ0v) is 9.97. The van der Waals surface area contributed by atoms with Crippen molar-refractivity contribution in [3.8, 4) is 6.07 Å². The summed E-state index contributed by atoms with van der Waals surface area (Å²) in [7, 11) is 1.73. The molecule has 0 spiro atoms. The number of rotatable bonds is 3. The molecular weight excluding hydrogens is 208 g/mol. The standard InChI is InChI=1S/C11H14N2OS/c1-8(6-12)7-13(3)11(14)10-5-4-9(2)15-10/h4-5,8H,7H2,1-3H3. The van der Waals surface area contributed by atoms with Crippen LogP contribution in [0.4, 0.5) is 0 Å². The van der Waals surface area contributed by atoms with Gasteiger partial charge in [0.05, 0.1) is 16.9 Å². The molecule has 0 aliphatic carbocycles. The molecule has 1 rings (SSSR count). The maximum Gasteiger partial charge on any atom is 0.263 e. The van der Waals surface area contributed by atoms with Crippen LogP contribution in [0.15, 0.2) is 12.1 Å². The minimum atomic E-state index is -0.125. The quantitative estimate of drug-likeness (QED) is 0.787. The largest absolute Gasteiger partial charge is 0.340 e. The number of hydrogen-bond donors (Lipinski definition) is 0. The molecule has 0 N–H and O–H groups in total. The van der Waals surface area contributed by atoms with E-state index in [0.29, 0.717) is 6.54 Å². The van der Waals surface area contributed by atoms with Crippen molar-refractivity contribution in [2.75, 3.05) is 13.6 Å². The molecule has 1 atom stereocenters. The van der Waals surface area contributed by atoms with Crippen molar-refractivity contribution in [2.24, 2.45) is 5.92 Å². The fourth-order valence-corrected chi connectivity index (χ4v) is 2.13. The molecule has 0 aliphatic heterocycles. The van der Waals surface area contributed by atoms with E-state index in [-0.39, 0.29) is 11.8 Å². The summed E-state index contributed by atoms with van der Waals surface area (Å²) in [6.45, 7) is 4.26. The average molecular weight is 222 g/mol. The van der Waals surface area contributed by atoms with E-state index in [9.17, 15) is 4.79 Å². The minimum absolute atomic E-state index is 0.00444. The van der Waals surface area contributed by atoms with E-state index in [1.54, 1.807) is 11.9 Å². The summed E-state index contributed by atoms with van der Waals surface area (Å²) in [5.41, 5.74) is 0. The molecule has 15 heavy (non-hydrogen) atoms. The molecule has 1 unspecified atom stereocenters. The van der Waals surface area contributed by atoms with E-state index < -0.39 is 0 Å². The van der Waals surface area contributed by atoms with Crippen molar-refractivity contribution in [1.29, 1.82) is 5.26 Å². The van der Waals surface area contributed by atoms with Gasteiger partial charge in [-0.1, -0.05) is 0 Å². The SMILES string of the molecule is Cc1ccc(C(=O)N(C)CC(C)C#N)s1. The van der Waals surface area contributed by atoms with Crippen LogP contribution in [0.3, 0.4) is 0 Å². The zero-order valence-electron chi connectivity index (χ0n) is 9.15. The Morgan fingerprint density at radius 1 is 1.67 bits per heavy atom. The van der Waals surface area contributed by atoms with Gasteiger partial charge in [0.15, 0.2) is 0 Å². The van der Waals surface area contributed by atoms with Crippen LogP contribution >= 0.6 is 11.3 Å². The van der Waals surface area contributed by atoms with Crippen molar-refractivity contribution < 1.29 is 4.79 Å². The molecule has 4 heteroatoms. The van der Waals surface area contributed by atoms with Crippen LogP contribution in [0.25, 0.3) is 0 Å². The van der Waals surface area contributed by atoms with Gasteiger partial charge in [-0.3, -0.25) is 4.79 Å². The first-order chi connectivity index (χ1) is 7.04. The van der Waals surface area contributed by atoms with E-state index in [1.165, 1.54) is 11.3 Å². The minimum Gasteiger partial charge on any atom is -0.340 e. The van der Waals surface area contributed by atoms with Gasteiger partial charge in [-0.05, 0) is 26.0 Å². The highest BCUT2D eigenvalue weighted by Crippen LogP contribution is 2.17. The number of aryl methyl sites for hydroxylation is 1. The molecule has 0 radical (unpaired) electrons. The molecule has 0 saturated carbocycles. The molecular formula is C11H14N2OS. The van der Waals surface area contributed by atoms with Crippen LogP contribution in [-0.4, -0.2) is 24.4 Å². The number of thiophene rings is 1. The molecule has 1 aromatic heterocycles. The van der Waals surface area contributed by atoms with E-state index in [1.807, 2.05) is 26.0 Å². The molecule has 0 aliphatic rings. The van der Waals surface area contributed by atoms with E-state index >= 15 is 0 Å². The summed E-state index contributed by atoms with van der Waals surface area (Å²) in [5, 5.41) is 8.65. The Balaban J connectivity index is 2.65. The summed E-state index contributed by atoms with van der Waals surface area (Å²) in [6, 6.07) is 5.88. The predicted molar refractivity (Wildman–Crippen MR) is 60.8 cm³/mol. The second-order valence-corrected chi connectivity index (χ2v) is 4.91. The first-order valence-corrected chi connectivity index (χ1v) is 5.57. The molecule has 3 nitrogen and oxygen atoms in total. The third-order valence-corrected chi connectivity index (χ3v) is 3.05. The molecule has 1 amide bonds. The van der Waals surface area contributed by atoms with Gasteiger partial charge in [-0.2, -0.15) is 5.26 Å². The summed E-state index contributed by atoms with van der Waals surface area (Å²) in [6.07, 6.45) is 0. The number of nitrogens with zero attached hydrogens (tertiary/aromatic N) is 2. The highest BCUT2D eigenvalue weighted by Gasteiger charge is 2.15. The van der Waals surface area contributed by atoms with Gasteiger partial charge in [0.2, 0.25) is 0 Å².